The SMILES string of the molecule is CS(=O)(=O)c1ccc(-c2n[nH]cc2-c2ccc3ncn(-c4ccc(C(N)=O)cn4)c3c2)cc1. The van der Waals surface area contributed by atoms with Gasteiger partial charge in [0.25, 0.3) is 0 Å². The Balaban J connectivity index is 1.56. The number of carbonyl (C=O) groups excluding carboxylic acids is 1. The lowest BCUT2D eigenvalue weighted by atomic mass is 10.0. The number of aromatic nitrogens is 5. The van der Waals surface area contributed by atoms with Crippen LogP contribution in [-0.4, -0.2) is 45.3 Å². The predicted octanol–water partition coefficient (Wildman–Crippen LogP) is 2.98. The number of nitrogens with zero attached hydrogens (tertiary/aromatic N) is 4. The number of pyridine rings is 1. The number of nitrogens with one attached hydrogen (secondary N) is 1. The predicted molar refractivity (Wildman–Crippen MR) is 124 cm³/mol. The van der Waals surface area contributed by atoms with E-state index in [2.05, 4.69) is 20.2 Å². The maximum atomic E-state index is 11.8. The summed E-state index contributed by atoms with van der Waals surface area (Å²) in [4.78, 5) is 20.4. The second kappa shape index (κ2) is 7.68. The molecule has 0 saturated heterocycles. The Labute approximate surface area is 188 Å². The van der Waals surface area contributed by atoms with Crippen molar-refractivity contribution in [1.29, 1.82) is 0 Å². The molecule has 0 atom stereocenters. The van der Waals surface area contributed by atoms with Crippen LogP contribution in [0.25, 0.3) is 39.2 Å². The van der Waals surface area contributed by atoms with E-state index in [9.17, 15) is 13.2 Å². The summed E-state index contributed by atoms with van der Waals surface area (Å²) in [5, 5.41) is 7.27. The van der Waals surface area contributed by atoms with Gasteiger partial charge in [0.15, 0.2) is 9.84 Å². The number of nitrogens with two attached hydrogens (primary N) is 1. The van der Waals surface area contributed by atoms with Crippen molar-refractivity contribution in [2.75, 3.05) is 6.26 Å². The highest BCUT2D eigenvalue weighted by atomic mass is 32.2. The fraction of sp³-hybridized carbons (Fsp3) is 0.0435. The van der Waals surface area contributed by atoms with Crippen LogP contribution in [-0.2, 0) is 9.84 Å². The maximum absolute atomic E-state index is 11.8. The summed E-state index contributed by atoms with van der Waals surface area (Å²) in [6, 6.07) is 15.8. The first-order valence-electron chi connectivity index (χ1n) is 9.89. The van der Waals surface area contributed by atoms with Crippen molar-refractivity contribution >= 4 is 26.8 Å². The van der Waals surface area contributed by atoms with Gasteiger partial charge in [-0.15, -0.1) is 0 Å². The average molecular weight is 459 g/mol. The number of H-pyrrole nitrogens is 1. The minimum absolute atomic E-state index is 0.253. The zero-order chi connectivity index (χ0) is 23.2. The van der Waals surface area contributed by atoms with Crippen molar-refractivity contribution in [2.24, 2.45) is 5.73 Å². The van der Waals surface area contributed by atoms with Crippen molar-refractivity contribution < 1.29 is 13.2 Å². The van der Waals surface area contributed by atoms with Crippen LogP contribution in [0.15, 0.2) is 78.2 Å². The summed E-state index contributed by atoms with van der Waals surface area (Å²) in [5.74, 6) is 0.0623. The molecule has 0 fully saturated rings. The van der Waals surface area contributed by atoms with Crippen LogP contribution < -0.4 is 5.73 Å². The lowest BCUT2D eigenvalue weighted by molar-refractivity contribution is 0.1000. The average Bonchev–Trinajstić information content (AvgIpc) is 3.45. The van der Waals surface area contributed by atoms with E-state index in [0.29, 0.717) is 17.1 Å². The van der Waals surface area contributed by atoms with Crippen LogP contribution in [0.4, 0.5) is 0 Å². The van der Waals surface area contributed by atoms with Gasteiger partial charge in [-0.2, -0.15) is 5.10 Å². The molecule has 0 spiro atoms. The highest BCUT2D eigenvalue weighted by Crippen LogP contribution is 2.32. The number of primary amides is 1. The van der Waals surface area contributed by atoms with Gasteiger partial charge < -0.3 is 5.73 Å². The number of sulfone groups is 1. The number of amides is 1. The third-order valence-corrected chi connectivity index (χ3v) is 6.46. The number of hydrogen-bond acceptors (Lipinski definition) is 6. The van der Waals surface area contributed by atoms with Gasteiger partial charge in [-0.3, -0.25) is 14.5 Å². The van der Waals surface area contributed by atoms with Gasteiger partial charge in [0.2, 0.25) is 5.91 Å². The summed E-state index contributed by atoms with van der Waals surface area (Å²) in [6.07, 6.45) is 6.07. The first kappa shape index (κ1) is 20.6. The van der Waals surface area contributed by atoms with Crippen LogP contribution in [0.2, 0.25) is 0 Å². The molecule has 3 N–H and O–H groups in total. The molecule has 1 amide bonds. The molecule has 3 aromatic heterocycles. The molecule has 0 bridgehead atoms. The molecule has 0 aliphatic rings. The number of fused-ring (bicyclic) bond motifs is 1. The second-order valence-electron chi connectivity index (χ2n) is 7.53. The van der Waals surface area contributed by atoms with E-state index < -0.39 is 15.7 Å². The van der Waals surface area contributed by atoms with E-state index in [1.54, 1.807) is 48.9 Å². The van der Waals surface area contributed by atoms with Gasteiger partial charge in [0.1, 0.15) is 12.1 Å². The molecule has 9 nitrogen and oxygen atoms in total. The molecular weight excluding hydrogens is 440 g/mol. The van der Waals surface area contributed by atoms with Crippen LogP contribution in [0, 0.1) is 0 Å². The second-order valence-corrected chi connectivity index (χ2v) is 9.55. The molecule has 3 heterocycles. The molecule has 0 saturated carbocycles. The monoisotopic (exact) mass is 458 g/mol. The van der Waals surface area contributed by atoms with Gasteiger partial charge in [-0.05, 0) is 42.0 Å². The number of hydrogen-bond donors (Lipinski definition) is 2. The van der Waals surface area contributed by atoms with E-state index >= 15 is 0 Å². The maximum Gasteiger partial charge on any atom is 0.250 e. The van der Waals surface area contributed by atoms with Crippen molar-refractivity contribution in [2.45, 2.75) is 4.90 Å². The zero-order valence-electron chi connectivity index (χ0n) is 17.4. The molecule has 0 aliphatic carbocycles. The number of carbonyl (C=O) groups is 1. The molecular formula is C23H18N6O3S. The fourth-order valence-corrected chi connectivity index (χ4v) is 4.25. The molecule has 33 heavy (non-hydrogen) atoms. The topological polar surface area (TPSA) is 137 Å². The van der Waals surface area contributed by atoms with Crippen LogP contribution in [0.3, 0.4) is 0 Å². The lowest BCUT2D eigenvalue weighted by Crippen LogP contribution is -2.11. The molecule has 0 unspecified atom stereocenters. The van der Waals surface area contributed by atoms with E-state index in [4.69, 9.17) is 5.73 Å². The van der Waals surface area contributed by atoms with Gasteiger partial charge in [-0.1, -0.05) is 18.2 Å². The molecule has 5 rings (SSSR count). The van der Waals surface area contributed by atoms with E-state index in [1.165, 1.54) is 12.5 Å². The summed E-state index contributed by atoms with van der Waals surface area (Å²) < 4.78 is 25.3. The Morgan fingerprint density at radius 2 is 1.76 bits per heavy atom. The van der Waals surface area contributed by atoms with E-state index in [1.807, 2.05) is 22.8 Å². The van der Waals surface area contributed by atoms with Crippen LogP contribution in [0.5, 0.6) is 0 Å². The molecule has 2 aromatic carbocycles. The smallest absolute Gasteiger partial charge is 0.250 e. The Morgan fingerprint density at radius 1 is 1.00 bits per heavy atom. The summed E-state index contributed by atoms with van der Waals surface area (Å²) in [6.45, 7) is 0. The van der Waals surface area contributed by atoms with Crippen molar-refractivity contribution in [3.63, 3.8) is 0 Å². The van der Waals surface area contributed by atoms with Crippen molar-refractivity contribution in [3.8, 4) is 28.2 Å². The Morgan fingerprint density at radius 3 is 2.42 bits per heavy atom. The van der Waals surface area contributed by atoms with E-state index in [0.717, 1.165) is 27.7 Å². The molecule has 0 aliphatic heterocycles. The van der Waals surface area contributed by atoms with E-state index in [-0.39, 0.29) is 4.90 Å². The first-order valence-corrected chi connectivity index (χ1v) is 11.8. The lowest BCUT2D eigenvalue weighted by Gasteiger charge is -2.07. The largest absolute Gasteiger partial charge is 0.366 e. The number of aromatic amines is 1. The highest BCUT2D eigenvalue weighted by Gasteiger charge is 2.15. The molecule has 5 aromatic rings. The molecule has 0 radical (unpaired) electrons. The van der Waals surface area contributed by atoms with Crippen molar-refractivity contribution in [3.05, 3.63) is 78.9 Å². The van der Waals surface area contributed by atoms with Gasteiger partial charge in [0.05, 0.1) is 27.2 Å². The normalized spacial score (nSPS) is 11.7. The fourth-order valence-electron chi connectivity index (χ4n) is 3.62. The van der Waals surface area contributed by atoms with Crippen molar-refractivity contribution in [1.82, 2.24) is 24.7 Å². The third kappa shape index (κ3) is 3.76. The van der Waals surface area contributed by atoms with Crippen LogP contribution >= 0.6 is 0 Å². The highest BCUT2D eigenvalue weighted by molar-refractivity contribution is 7.90. The quantitative estimate of drug-likeness (QED) is 0.415. The summed E-state index contributed by atoms with van der Waals surface area (Å²) in [5.41, 5.74) is 10.5. The first-order chi connectivity index (χ1) is 15.8. The minimum atomic E-state index is -3.28. The summed E-state index contributed by atoms with van der Waals surface area (Å²) in [7, 11) is -3.28. The number of imidazole rings is 1. The number of benzene rings is 2. The third-order valence-electron chi connectivity index (χ3n) is 5.33. The molecule has 10 heteroatoms. The Bertz CT molecular complexity index is 1600. The Hall–Kier alpha value is -4.31. The minimum Gasteiger partial charge on any atom is -0.366 e. The number of rotatable bonds is 5. The summed E-state index contributed by atoms with van der Waals surface area (Å²) >= 11 is 0. The Kier molecular flexibility index (Phi) is 4.79. The zero-order valence-corrected chi connectivity index (χ0v) is 18.2. The van der Waals surface area contributed by atoms with Gasteiger partial charge in [0, 0.05) is 29.8 Å². The van der Waals surface area contributed by atoms with Gasteiger partial charge in [-0.25, -0.2) is 18.4 Å². The standard InChI is InChI=1S/C23H18N6O3S/c1-33(31,32)17-6-2-14(3-7-17)22-18(12-27-28-22)15-4-8-19-20(10-15)29(13-26-19)21-9-5-16(11-25-21)23(24)30/h2-13H,1H3,(H2,24,30)(H,27,28). The van der Waals surface area contributed by atoms with Gasteiger partial charge >= 0.3 is 0 Å². The molecule has 164 valence electrons. The van der Waals surface area contributed by atoms with Crippen LogP contribution in [0.1, 0.15) is 10.4 Å².